The summed E-state index contributed by atoms with van der Waals surface area (Å²) in [5.74, 6) is -0.217. The van der Waals surface area contributed by atoms with Gasteiger partial charge in [0.1, 0.15) is 0 Å². The van der Waals surface area contributed by atoms with Gasteiger partial charge in [-0.1, -0.05) is 0 Å². The van der Waals surface area contributed by atoms with Gasteiger partial charge in [-0.15, -0.1) is 0 Å². The van der Waals surface area contributed by atoms with Crippen LogP contribution in [0, 0.1) is 0 Å². The molecule has 1 heterocycles. The first-order valence-corrected chi connectivity index (χ1v) is 7.23. The molecule has 0 aliphatic carbocycles. The monoisotopic (exact) mass is 287 g/mol. The first kappa shape index (κ1) is 13.5. The molecule has 0 spiro atoms. The molecule has 0 fully saturated rings. The Labute approximate surface area is 110 Å². The summed E-state index contributed by atoms with van der Waals surface area (Å²) in [5.41, 5.74) is 0.361. The lowest BCUT2D eigenvalue weighted by Gasteiger charge is -2.08. The molecule has 0 saturated carbocycles. The third-order valence-corrected chi connectivity index (χ3v) is 3.82. The van der Waals surface area contributed by atoms with Gasteiger partial charge in [0.2, 0.25) is 16.8 Å². The number of carboxylic acid groups (broad SMARTS) is 1. The summed E-state index contributed by atoms with van der Waals surface area (Å²) in [4.78, 5) is 10.3. The molecule has 0 unspecified atom stereocenters. The number of sulfonamides is 1. The van der Waals surface area contributed by atoms with Gasteiger partial charge >= 0.3 is 5.97 Å². The van der Waals surface area contributed by atoms with Gasteiger partial charge < -0.3 is 14.6 Å². The molecule has 104 valence electrons. The highest BCUT2D eigenvalue weighted by Crippen LogP contribution is 2.34. The third kappa shape index (κ3) is 3.75. The predicted molar refractivity (Wildman–Crippen MR) is 66.8 cm³/mol. The molecule has 8 heteroatoms. The molecule has 2 rings (SSSR count). The predicted octanol–water partition coefficient (Wildman–Crippen LogP) is 1.02. The lowest BCUT2D eigenvalue weighted by atomic mass is 10.3. The number of fused-ring (bicyclic) bond motifs is 1. The topological polar surface area (TPSA) is 102 Å². The molecule has 1 aromatic carbocycles. The molecule has 0 aromatic heterocycles. The Balaban J connectivity index is 1.98. The van der Waals surface area contributed by atoms with E-state index >= 15 is 0 Å². The highest BCUT2D eigenvalue weighted by atomic mass is 32.2. The van der Waals surface area contributed by atoms with Crippen molar-refractivity contribution in [3.8, 4) is 11.5 Å². The molecular formula is C11H13NO6S. The quantitative estimate of drug-likeness (QED) is 0.810. The zero-order valence-electron chi connectivity index (χ0n) is 9.96. The van der Waals surface area contributed by atoms with Crippen LogP contribution in [0.4, 0.5) is 5.69 Å². The number of hydrogen-bond acceptors (Lipinski definition) is 5. The van der Waals surface area contributed by atoms with Crippen molar-refractivity contribution in [1.82, 2.24) is 0 Å². The van der Waals surface area contributed by atoms with Gasteiger partial charge in [-0.25, -0.2) is 8.42 Å². The van der Waals surface area contributed by atoms with Crippen molar-refractivity contribution < 1.29 is 27.8 Å². The fourth-order valence-corrected chi connectivity index (χ4v) is 2.72. The fraction of sp³-hybridized carbons (Fsp3) is 0.364. The molecular weight excluding hydrogens is 274 g/mol. The Bertz CT molecular complexity index is 583. The standard InChI is InChI=1S/C11H13NO6S/c13-11(14)2-1-5-19(15,16)12-8-3-4-9-10(6-8)18-7-17-9/h3-4,6,12H,1-2,5,7H2,(H,13,14). The van der Waals surface area contributed by atoms with E-state index in [4.69, 9.17) is 14.6 Å². The molecule has 19 heavy (non-hydrogen) atoms. The maximum absolute atomic E-state index is 11.7. The molecule has 2 N–H and O–H groups in total. The van der Waals surface area contributed by atoms with Crippen LogP contribution in [0.2, 0.25) is 0 Å². The highest BCUT2D eigenvalue weighted by Gasteiger charge is 2.16. The van der Waals surface area contributed by atoms with Crippen molar-refractivity contribution in [3.05, 3.63) is 18.2 Å². The summed E-state index contributed by atoms with van der Waals surface area (Å²) in [6, 6.07) is 4.69. The summed E-state index contributed by atoms with van der Waals surface area (Å²) < 4.78 is 36.0. The summed E-state index contributed by atoms with van der Waals surface area (Å²) in [7, 11) is -3.56. The van der Waals surface area contributed by atoms with Crippen LogP contribution in [-0.4, -0.2) is 32.0 Å². The van der Waals surface area contributed by atoms with Crippen molar-refractivity contribution in [3.63, 3.8) is 0 Å². The van der Waals surface area contributed by atoms with E-state index in [0.29, 0.717) is 17.2 Å². The number of carbonyl (C=O) groups is 1. The summed E-state index contributed by atoms with van der Waals surface area (Å²) in [6.07, 6.45) is -0.114. The number of nitrogens with one attached hydrogen (secondary N) is 1. The van der Waals surface area contributed by atoms with Gasteiger partial charge in [-0.05, 0) is 18.6 Å². The minimum absolute atomic E-state index is 0.0647. The number of anilines is 1. The summed E-state index contributed by atoms with van der Waals surface area (Å²) >= 11 is 0. The zero-order chi connectivity index (χ0) is 13.9. The van der Waals surface area contributed by atoms with Crippen molar-refractivity contribution in [2.75, 3.05) is 17.3 Å². The van der Waals surface area contributed by atoms with E-state index in [2.05, 4.69) is 4.72 Å². The average Bonchev–Trinajstić information content (AvgIpc) is 2.74. The number of benzene rings is 1. The SMILES string of the molecule is O=C(O)CCCS(=O)(=O)Nc1ccc2c(c1)OCO2. The van der Waals surface area contributed by atoms with Crippen molar-refractivity contribution in [1.29, 1.82) is 0 Å². The minimum Gasteiger partial charge on any atom is -0.481 e. The number of rotatable bonds is 6. The average molecular weight is 287 g/mol. The number of carboxylic acids is 1. The van der Waals surface area contributed by atoms with Crippen LogP contribution in [0.15, 0.2) is 18.2 Å². The molecule has 7 nitrogen and oxygen atoms in total. The Morgan fingerprint density at radius 1 is 1.32 bits per heavy atom. The van der Waals surface area contributed by atoms with Crippen LogP contribution < -0.4 is 14.2 Å². The molecule has 1 aliphatic rings. The van der Waals surface area contributed by atoms with Crippen molar-refractivity contribution in [2.24, 2.45) is 0 Å². The van der Waals surface area contributed by atoms with Gasteiger partial charge in [0.15, 0.2) is 11.5 Å². The van der Waals surface area contributed by atoms with E-state index in [9.17, 15) is 13.2 Å². The van der Waals surface area contributed by atoms with E-state index in [1.54, 1.807) is 12.1 Å². The highest BCUT2D eigenvalue weighted by molar-refractivity contribution is 7.92. The van der Waals surface area contributed by atoms with E-state index < -0.39 is 16.0 Å². The lowest BCUT2D eigenvalue weighted by molar-refractivity contribution is -0.137. The first-order chi connectivity index (χ1) is 8.96. The third-order valence-electron chi connectivity index (χ3n) is 2.45. The smallest absolute Gasteiger partial charge is 0.303 e. The van der Waals surface area contributed by atoms with E-state index in [-0.39, 0.29) is 25.4 Å². The van der Waals surface area contributed by atoms with Crippen LogP contribution >= 0.6 is 0 Å². The van der Waals surface area contributed by atoms with E-state index in [1.807, 2.05) is 0 Å². The number of hydrogen-bond donors (Lipinski definition) is 2. The molecule has 0 bridgehead atoms. The Kier molecular flexibility index (Phi) is 3.79. The van der Waals surface area contributed by atoms with E-state index in [1.165, 1.54) is 6.07 Å². The molecule has 0 saturated heterocycles. The van der Waals surface area contributed by atoms with Crippen molar-refractivity contribution in [2.45, 2.75) is 12.8 Å². The van der Waals surface area contributed by atoms with Gasteiger partial charge in [-0.2, -0.15) is 0 Å². The second kappa shape index (κ2) is 5.35. The first-order valence-electron chi connectivity index (χ1n) is 5.58. The van der Waals surface area contributed by atoms with Gasteiger partial charge in [0.05, 0.1) is 11.4 Å². The Morgan fingerprint density at radius 2 is 2.05 bits per heavy atom. The number of aliphatic carboxylic acids is 1. The molecule has 0 radical (unpaired) electrons. The molecule has 1 aliphatic heterocycles. The maximum atomic E-state index is 11.7. The van der Waals surface area contributed by atoms with Crippen LogP contribution in [0.1, 0.15) is 12.8 Å². The second-order valence-electron chi connectivity index (χ2n) is 3.99. The largest absolute Gasteiger partial charge is 0.481 e. The van der Waals surface area contributed by atoms with Crippen LogP contribution in [0.25, 0.3) is 0 Å². The van der Waals surface area contributed by atoms with Gasteiger partial charge in [0, 0.05) is 12.5 Å². The minimum atomic E-state index is -3.56. The van der Waals surface area contributed by atoms with Crippen LogP contribution in [0.5, 0.6) is 11.5 Å². The molecule has 0 atom stereocenters. The van der Waals surface area contributed by atoms with Crippen LogP contribution in [0.3, 0.4) is 0 Å². The Hall–Kier alpha value is -1.96. The second-order valence-corrected chi connectivity index (χ2v) is 5.83. The van der Waals surface area contributed by atoms with Gasteiger partial charge in [0.25, 0.3) is 0 Å². The maximum Gasteiger partial charge on any atom is 0.303 e. The zero-order valence-corrected chi connectivity index (χ0v) is 10.8. The Morgan fingerprint density at radius 3 is 2.79 bits per heavy atom. The lowest BCUT2D eigenvalue weighted by Crippen LogP contribution is -2.17. The molecule has 1 aromatic rings. The van der Waals surface area contributed by atoms with Crippen molar-refractivity contribution >= 4 is 21.7 Å². The fourth-order valence-electron chi connectivity index (χ4n) is 1.60. The number of ether oxygens (including phenoxy) is 2. The normalized spacial score (nSPS) is 13.3. The molecule has 0 amide bonds. The summed E-state index contributed by atoms with van der Waals surface area (Å²) in [5, 5.41) is 8.46. The van der Waals surface area contributed by atoms with Gasteiger partial charge in [-0.3, -0.25) is 9.52 Å². The van der Waals surface area contributed by atoms with Crippen LogP contribution in [-0.2, 0) is 14.8 Å². The summed E-state index contributed by atoms with van der Waals surface area (Å²) in [6.45, 7) is 0.115. The van der Waals surface area contributed by atoms with E-state index in [0.717, 1.165) is 0 Å².